The van der Waals surface area contributed by atoms with Gasteiger partial charge in [0.25, 0.3) is 0 Å². The van der Waals surface area contributed by atoms with E-state index < -0.39 is 11.9 Å². The molecule has 0 spiro atoms. The molecule has 76 valence electrons. The maximum Gasteiger partial charge on any atom is 0.417 e. The van der Waals surface area contributed by atoms with Crippen LogP contribution < -0.4 is 0 Å². The molecule has 0 amide bonds. The number of methoxy groups -OCH3 is 3. The Labute approximate surface area is 75.8 Å². The molecule has 0 unspecified atom stereocenters. The summed E-state index contributed by atoms with van der Waals surface area (Å²) in [5.74, 6) is -2.20. The normalized spacial score (nSPS) is 7.38. The Kier molecular flexibility index (Phi) is 9.14. The largest absolute Gasteiger partial charge is 0.469 e. The second-order valence-electron chi connectivity index (χ2n) is 1.68. The monoisotopic (exact) mass is 192 g/mol. The van der Waals surface area contributed by atoms with Gasteiger partial charge in [0.1, 0.15) is 0 Å². The summed E-state index contributed by atoms with van der Waals surface area (Å²) >= 11 is 0. The third-order valence-corrected chi connectivity index (χ3v) is 0.825. The van der Waals surface area contributed by atoms with Crippen LogP contribution >= 0.6 is 0 Å². The highest BCUT2D eigenvalue weighted by Gasteiger charge is 2.11. The molecule has 0 aromatic heterocycles. The standard InChI is InChI=1S/C4H6O4.C3H6O2/c1-7-3(5)4(6)8-2;1-3(4)5-2/h1-2H3;1-2H3. The molecule has 0 bridgehead atoms. The van der Waals surface area contributed by atoms with E-state index in [-0.39, 0.29) is 5.97 Å². The van der Waals surface area contributed by atoms with E-state index in [2.05, 4.69) is 14.2 Å². The highest BCUT2D eigenvalue weighted by Crippen LogP contribution is 1.75. The van der Waals surface area contributed by atoms with E-state index in [0.717, 1.165) is 14.2 Å². The first-order valence-corrected chi connectivity index (χ1v) is 3.20. The third kappa shape index (κ3) is 10.4. The number of rotatable bonds is 0. The van der Waals surface area contributed by atoms with Crippen molar-refractivity contribution in [2.24, 2.45) is 0 Å². The Morgan fingerprint density at radius 3 is 1.08 bits per heavy atom. The molecular formula is C7H12O6. The first-order chi connectivity index (χ1) is 5.99. The summed E-state index contributed by atoms with van der Waals surface area (Å²) in [6, 6.07) is 0. The average Bonchev–Trinajstić information content (AvgIpc) is 2.16. The van der Waals surface area contributed by atoms with Crippen LogP contribution in [0.5, 0.6) is 0 Å². The van der Waals surface area contributed by atoms with Crippen molar-refractivity contribution < 1.29 is 28.6 Å². The second-order valence-corrected chi connectivity index (χ2v) is 1.68. The number of ether oxygens (including phenoxy) is 3. The topological polar surface area (TPSA) is 78.9 Å². The van der Waals surface area contributed by atoms with Crippen molar-refractivity contribution in [3.8, 4) is 0 Å². The lowest BCUT2D eigenvalue weighted by molar-refractivity contribution is -0.164. The van der Waals surface area contributed by atoms with Crippen molar-refractivity contribution in [3.05, 3.63) is 0 Å². The Morgan fingerprint density at radius 2 is 1.00 bits per heavy atom. The van der Waals surface area contributed by atoms with Crippen molar-refractivity contribution >= 4 is 17.9 Å². The van der Waals surface area contributed by atoms with Crippen LogP contribution in [0.4, 0.5) is 0 Å². The molecule has 0 saturated carbocycles. The van der Waals surface area contributed by atoms with Crippen LogP contribution in [0, 0.1) is 0 Å². The van der Waals surface area contributed by atoms with E-state index in [0.29, 0.717) is 0 Å². The van der Waals surface area contributed by atoms with Gasteiger partial charge in [-0.3, -0.25) is 4.79 Å². The van der Waals surface area contributed by atoms with Crippen LogP contribution in [0.3, 0.4) is 0 Å². The molecule has 0 N–H and O–H groups in total. The number of carbonyl (C=O) groups excluding carboxylic acids is 3. The predicted octanol–water partition coefficient (Wildman–Crippen LogP) is -0.488. The van der Waals surface area contributed by atoms with Gasteiger partial charge in [-0.05, 0) is 0 Å². The predicted molar refractivity (Wildman–Crippen MR) is 41.7 cm³/mol. The SMILES string of the molecule is COC(=O)C(=O)OC.COC(C)=O. The molecule has 0 radical (unpaired) electrons. The number of hydrogen-bond acceptors (Lipinski definition) is 6. The van der Waals surface area contributed by atoms with Gasteiger partial charge in [-0.15, -0.1) is 0 Å². The summed E-state index contributed by atoms with van der Waals surface area (Å²) in [7, 11) is 3.57. The zero-order valence-corrected chi connectivity index (χ0v) is 7.95. The highest BCUT2D eigenvalue weighted by molar-refractivity contribution is 6.29. The van der Waals surface area contributed by atoms with Crippen molar-refractivity contribution in [2.45, 2.75) is 6.92 Å². The van der Waals surface area contributed by atoms with E-state index in [1.165, 1.54) is 14.0 Å². The van der Waals surface area contributed by atoms with Crippen LogP contribution in [0.15, 0.2) is 0 Å². The zero-order valence-electron chi connectivity index (χ0n) is 7.95. The van der Waals surface area contributed by atoms with Crippen molar-refractivity contribution in [2.75, 3.05) is 21.3 Å². The Balaban J connectivity index is 0. The quantitative estimate of drug-likeness (QED) is 0.293. The van der Waals surface area contributed by atoms with Gasteiger partial charge in [-0.2, -0.15) is 0 Å². The van der Waals surface area contributed by atoms with Gasteiger partial charge in [0, 0.05) is 6.92 Å². The smallest absolute Gasteiger partial charge is 0.417 e. The maximum atomic E-state index is 10.0. The summed E-state index contributed by atoms with van der Waals surface area (Å²) in [6.07, 6.45) is 0. The maximum absolute atomic E-state index is 10.0. The number of esters is 3. The van der Waals surface area contributed by atoms with E-state index in [1.54, 1.807) is 0 Å². The van der Waals surface area contributed by atoms with Crippen LogP contribution in [-0.4, -0.2) is 39.2 Å². The molecule has 0 rings (SSSR count). The lowest BCUT2D eigenvalue weighted by atomic mass is 10.7. The van der Waals surface area contributed by atoms with E-state index in [9.17, 15) is 14.4 Å². The van der Waals surface area contributed by atoms with Crippen molar-refractivity contribution in [1.29, 1.82) is 0 Å². The summed E-state index contributed by atoms with van der Waals surface area (Å²) < 4.78 is 12.1. The molecule has 0 aliphatic heterocycles. The molecule has 0 aliphatic carbocycles. The fourth-order valence-corrected chi connectivity index (χ4v) is 0.167. The van der Waals surface area contributed by atoms with Gasteiger partial charge in [-0.25, -0.2) is 9.59 Å². The van der Waals surface area contributed by atoms with Crippen LogP contribution in [0.2, 0.25) is 0 Å². The summed E-state index contributed by atoms with van der Waals surface area (Å²) in [4.78, 5) is 29.7. The summed E-state index contributed by atoms with van der Waals surface area (Å²) in [5, 5.41) is 0. The van der Waals surface area contributed by atoms with Crippen molar-refractivity contribution in [1.82, 2.24) is 0 Å². The fourth-order valence-electron chi connectivity index (χ4n) is 0.167. The first kappa shape index (κ1) is 14.0. The van der Waals surface area contributed by atoms with Gasteiger partial charge in [-0.1, -0.05) is 0 Å². The lowest BCUT2D eigenvalue weighted by Gasteiger charge is -1.92. The Bertz CT molecular complexity index is 171. The average molecular weight is 192 g/mol. The van der Waals surface area contributed by atoms with E-state index >= 15 is 0 Å². The minimum absolute atomic E-state index is 0.245. The van der Waals surface area contributed by atoms with Gasteiger partial charge in [0.05, 0.1) is 21.3 Å². The fraction of sp³-hybridized carbons (Fsp3) is 0.571. The first-order valence-electron chi connectivity index (χ1n) is 3.20. The molecule has 0 aromatic rings. The van der Waals surface area contributed by atoms with Gasteiger partial charge < -0.3 is 14.2 Å². The summed E-state index contributed by atoms with van der Waals surface area (Å²) in [6.45, 7) is 1.36. The molecule has 6 nitrogen and oxygen atoms in total. The van der Waals surface area contributed by atoms with Crippen molar-refractivity contribution in [3.63, 3.8) is 0 Å². The molecule has 0 aromatic carbocycles. The van der Waals surface area contributed by atoms with E-state index in [4.69, 9.17) is 0 Å². The van der Waals surface area contributed by atoms with Gasteiger partial charge >= 0.3 is 17.9 Å². The van der Waals surface area contributed by atoms with Gasteiger partial charge in [0.15, 0.2) is 0 Å². The molecular weight excluding hydrogens is 180 g/mol. The second kappa shape index (κ2) is 8.51. The van der Waals surface area contributed by atoms with E-state index in [1.807, 2.05) is 0 Å². The molecule has 13 heavy (non-hydrogen) atoms. The third-order valence-electron chi connectivity index (χ3n) is 0.825. The molecule has 0 fully saturated rings. The molecule has 0 atom stereocenters. The zero-order chi connectivity index (χ0) is 10.9. The summed E-state index contributed by atoms with van der Waals surface area (Å²) in [5.41, 5.74) is 0. The van der Waals surface area contributed by atoms with Crippen LogP contribution in [0.1, 0.15) is 6.92 Å². The molecule has 0 heterocycles. The number of carbonyl (C=O) groups is 3. The van der Waals surface area contributed by atoms with Crippen LogP contribution in [0.25, 0.3) is 0 Å². The lowest BCUT2D eigenvalue weighted by Crippen LogP contribution is -2.16. The number of hydrogen-bond donors (Lipinski definition) is 0. The molecule has 0 aliphatic rings. The minimum Gasteiger partial charge on any atom is -0.469 e. The molecule has 6 heteroatoms. The minimum atomic E-state index is -0.979. The Morgan fingerprint density at radius 1 is 0.769 bits per heavy atom. The van der Waals surface area contributed by atoms with Gasteiger partial charge in [0.2, 0.25) is 0 Å². The highest BCUT2D eigenvalue weighted by atomic mass is 16.6. The Hall–Kier alpha value is -1.59. The molecule has 0 saturated heterocycles. The van der Waals surface area contributed by atoms with Crippen LogP contribution in [-0.2, 0) is 28.6 Å².